The molecule has 1 aliphatic rings. The van der Waals surface area contributed by atoms with E-state index in [0.717, 1.165) is 18.1 Å². The van der Waals surface area contributed by atoms with E-state index in [1.54, 1.807) is 18.0 Å². The molecule has 1 aliphatic heterocycles. The second-order valence-corrected chi connectivity index (χ2v) is 2.84. The summed E-state index contributed by atoms with van der Waals surface area (Å²) in [5, 5.41) is 0. The Morgan fingerprint density at radius 1 is 1.78 bits per heavy atom. The third-order valence-electron chi connectivity index (χ3n) is 0.975. The summed E-state index contributed by atoms with van der Waals surface area (Å²) >= 11 is 1.70. The second-order valence-electron chi connectivity index (χ2n) is 1.69. The third-order valence-corrected chi connectivity index (χ3v) is 2.01. The van der Waals surface area contributed by atoms with Gasteiger partial charge in [-0.25, -0.2) is 5.48 Å². The Hall–Kier alpha value is -0.0600. The van der Waals surface area contributed by atoms with Gasteiger partial charge in [0.1, 0.15) is 0 Å². The molecule has 1 saturated heterocycles. The summed E-state index contributed by atoms with van der Waals surface area (Å²) in [6.07, 6.45) is 1.41. The van der Waals surface area contributed by atoms with Crippen molar-refractivity contribution in [2.24, 2.45) is 0 Å². The molecule has 4 heteroatoms. The summed E-state index contributed by atoms with van der Waals surface area (Å²) in [6, 6.07) is 0. The Balaban J connectivity index is 2.26. The summed E-state index contributed by atoms with van der Waals surface area (Å²) in [4.78, 5) is 14.9. The van der Waals surface area contributed by atoms with Gasteiger partial charge in [0.05, 0.1) is 0 Å². The van der Waals surface area contributed by atoms with Crippen LogP contribution in [0.3, 0.4) is 0 Å². The summed E-state index contributed by atoms with van der Waals surface area (Å²) in [7, 11) is 0. The zero-order chi connectivity index (χ0) is 6.53. The van der Waals surface area contributed by atoms with Crippen LogP contribution in [0.25, 0.3) is 0 Å². The minimum absolute atomic E-state index is 0.377. The SMILES string of the molecule is O=[C]C1CSCCNO1. The van der Waals surface area contributed by atoms with E-state index >= 15 is 0 Å². The normalized spacial score (nSPS) is 29.1. The predicted octanol–water partition coefficient (Wildman–Crippen LogP) is -0.267. The molecule has 0 spiro atoms. The van der Waals surface area contributed by atoms with Gasteiger partial charge in [-0.2, -0.15) is 11.8 Å². The van der Waals surface area contributed by atoms with Crippen LogP contribution in [0.1, 0.15) is 0 Å². The molecule has 0 saturated carbocycles. The lowest BCUT2D eigenvalue weighted by atomic mass is 10.5. The number of hydrogen-bond acceptors (Lipinski definition) is 4. The van der Waals surface area contributed by atoms with Crippen LogP contribution in [0.4, 0.5) is 0 Å². The lowest BCUT2D eigenvalue weighted by Crippen LogP contribution is -2.24. The highest BCUT2D eigenvalue weighted by Crippen LogP contribution is 2.05. The van der Waals surface area contributed by atoms with Crippen molar-refractivity contribution < 1.29 is 9.63 Å². The molecular weight excluding hydrogens is 138 g/mol. The zero-order valence-electron chi connectivity index (χ0n) is 4.92. The Bertz CT molecular complexity index is 91.0. The fraction of sp³-hybridized carbons (Fsp3) is 0.800. The molecular formula is C5H8NO2S. The van der Waals surface area contributed by atoms with Crippen LogP contribution in [0, 0.1) is 0 Å². The molecule has 0 aliphatic carbocycles. The molecule has 1 N–H and O–H groups in total. The number of thioether (sulfide) groups is 1. The van der Waals surface area contributed by atoms with Crippen LogP contribution < -0.4 is 5.48 Å². The molecule has 0 amide bonds. The van der Waals surface area contributed by atoms with Gasteiger partial charge >= 0.3 is 0 Å². The van der Waals surface area contributed by atoms with E-state index in [2.05, 4.69) is 5.48 Å². The minimum Gasteiger partial charge on any atom is -0.289 e. The van der Waals surface area contributed by atoms with Crippen molar-refractivity contribution in [1.29, 1.82) is 0 Å². The monoisotopic (exact) mass is 146 g/mol. The Labute approximate surface area is 58.1 Å². The Kier molecular flexibility index (Phi) is 3.03. The predicted molar refractivity (Wildman–Crippen MR) is 35.9 cm³/mol. The van der Waals surface area contributed by atoms with Crippen LogP contribution >= 0.6 is 11.8 Å². The van der Waals surface area contributed by atoms with Crippen LogP contribution in [0.5, 0.6) is 0 Å². The number of rotatable bonds is 1. The van der Waals surface area contributed by atoms with Crippen molar-refractivity contribution in [3.63, 3.8) is 0 Å². The number of hydrogen-bond donors (Lipinski definition) is 1. The van der Waals surface area contributed by atoms with Crippen molar-refractivity contribution in [3.05, 3.63) is 0 Å². The molecule has 1 fully saturated rings. The number of hydroxylamine groups is 1. The van der Waals surface area contributed by atoms with E-state index in [0.29, 0.717) is 0 Å². The standard InChI is InChI=1S/C5H8NO2S/c7-3-5-4-9-2-1-6-8-5/h5-6H,1-2,4H2. The van der Waals surface area contributed by atoms with Gasteiger partial charge in [0.15, 0.2) is 6.10 Å². The van der Waals surface area contributed by atoms with E-state index in [9.17, 15) is 4.79 Å². The van der Waals surface area contributed by atoms with Crippen LogP contribution in [-0.4, -0.2) is 30.4 Å². The maximum atomic E-state index is 10.0. The fourth-order valence-electron chi connectivity index (χ4n) is 0.556. The van der Waals surface area contributed by atoms with Crippen LogP contribution in [0.2, 0.25) is 0 Å². The summed E-state index contributed by atoms with van der Waals surface area (Å²) in [5.41, 5.74) is 2.66. The van der Waals surface area contributed by atoms with E-state index in [4.69, 9.17) is 4.84 Å². The molecule has 51 valence electrons. The van der Waals surface area contributed by atoms with Gasteiger partial charge in [-0.3, -0.25) is 9.63 Å². The highest BCUT2D eigenvalue weighted by Gasteiger charge is 2.11. The fourth-order valence-corrected chi connectivity index (χ4v) is 1.30. The minimum atomic E-state index is -0.377. The van der Waals surface area contributed by atoms with Crippen molar-refractivity contribution in [2.45, 2.75) is 6.10 Å². The molecule has 1 unspecified atom stereocenters. The number of nitrogens with one attached hydrogen (secondary N) is 1. The Morgan fingerprint density at radius 2 is 2.67 bits per heavy atom. The average molecular weight is 146 g/mol. The van der Waals surface area contributed by atoms with Crippen LogP contribution in [-0.2, 0) is 9.63 Å². The van der Waals surface area contributed by atoms with Gasteiger partial charge in [0.25, 0.3) is 0 Å². The largest absolute Gasteiger partial charge is 0.289 e. The third kappa shape index (κ3) is 2.34. The van der Waals surface area contributed by atoms with Gasteiger partial charge in [0.2, 0.25) is 6.29 Å². The smallest absolute Gasteiger partial charge is 0.232 e. The van der Waals surface area contributed by atoms with Crippen molar-refractivity contribution in [3.8, 4) is 0 Å². The lowest BCUT2D eigenvalue weighted by molar-refractivity contribution is 0.0277. The molecule has 1 radical (unpaired) electrons. The second kappa shape index (κ2) is 3.87. The van der Waals surface area contributed by atoms with Gasteiger partial charge in [0, 0.05) is 18.1 Å². The first-order chi connectivity index (χ1) is 4.43. The van der Waals surface area contributed by atoms with Gasteiger partial charge in [-0.15, -0.1) is 0 Å². The maximum Gasteiger partial charge on any atom is 0.232 e. The lowest BCUT2D eigenvalue weighted by Gasteiger charge is -2.02. The highest BCUT2D eigenvalue weighted by atomic mass is 32.2. The van der Waals surface area contributed by atoms with E-state index in [-0.39, 0.29) is 6.10 Å². The van der Waals surface area contributed by atoms with Crippen molar-refractivity contribution in [1.82, 2.24) is 5.48 Å². The van der Waals surface area contributed by atoms with E-state index in [1.165, 1.54) is 0 Å². The quantitative estimate of drug-likeness (QED) is 0.553. The zero-order valence-corrected chi connectivity index (χ0v) is 5.74. The molecule has 1 heterocycles. The van der Waals surface area contributed by atoms with Gasteiger partial charge in [-0.1, -0.05) is 0 Å². The summed E-state index contributed by atoms with van der Waals surface area (Å²) in [5.74, 6) is 1.72. The topological polar surface area (TPSA) is 38.3 Å². The molecule has 0 aromatic heterocycles. The first-order valence-corrected chi connectivity index (χ1v) is 3.93. The first-order valence-electron chi connectivity index (χ1n) is 2.77. The van der Waals surface area contributed by atoms with Crippen molar-refractivity contribution in [2.75, 3.05) is 18.1 Å². The molecule has 0 aromatic carbocycles. The summed E-state index contributed by atoms with van der Waals surface area (Å²) in [6.45, 7) is 0.808. The van der Waals surface area contributed by atoms with Crippen molar-refractivity contribution >= 4 is 18.0 Å². The van der Waals surface area contributed by atoms with Gasteiger partial charge in [-0.05, 0) is 0 Å². The molecule has 9 heavy (non-hydrogen) atoms. The Morgan fingerprint density at radius 3 is 3.44 bits per heavy atom. The van der Waals surface area contributed by atoms with E-state index < -0.39 is 0 Å². The van der Waals surface area contributed by atoms with Gasteiger partial charge < -0.3 is 0 Å². The molecule has 1 rings (SSSR count). The number of carbonyl (C=O) groups excluding carboxylic acids is 1. The molecule has 3 nitrogen and oxygen atoms in total. The average Bonchev–Trinajstić information content (AvgIpc) is 2.13. The maximum absolute atomic E-state index is 10.0. The molecule has 0 aromatic rings. The molecule has 0 bridgehead atoms. The highest BCUT2D eigenvalue weighted by molar-refractivity contribution is 7.99. The first kappa shape index (κ1) is 7.05. The molecule has 1 atom stereocenters. The van der Waals surface area contributed by atoms with E-state index in [1.807, 2.05) is 0 Å². The van der Waals surface area contributed by atoms with Crippen LogP contribution in [0.15, 0.2) is 0 Å². The summed E-state index contributed by atoms with van der Waals surface area (Å²) < 4.78 is 0.